The number of aryl methyl sites for hydroxylation is 1. The molecule has 1 N–H and O–H groups in total. The van der Waals surface area contributed by atoms with Gasteiger partial charge < -0.3 is 5.32 Å². The second-order valence-corrected chi connectivity index (χ2v) is 4.10. The topological polar surface area (TPSA) is 55.2 Å². The summed E-state index contributed by atoms with van der Waals surface area (Å²) in [6.07, 6.45) is 2.07. The zero-order valence-electron chi connectivity index (χ0n) is 7.42. The number of hydrogen-bond acceptors (Lipinski definition) is 3. The number of benzene rings is 1. The van der Waals surface area contributed by atoms with Crippen molar-refractivity contribution in [3.63, 3.8) is 0 Å². The third-order valence-corrected chi connectivity index (χ3v) is 2.94. The van der Waals surface area contributed by atoms with Gasteiger partial charge in [0.05, 0.1) is 9.40 Å². The van der Waals surface area contributed by atoms with Gasteiger partial charge in [-0.2, -0.15) is 0 Å². The number of nitro groups is 1. The summed E-state index contributed by atoms with van der Waals surface area (Å²) in [6, 6.07) is 3.43. The maximum Gasteiger partial charge on any atom is 0.285 e. The summed E-state index contributed by atoms with van der Waals surface area (Å²) in [6.45, 7) is 0.895. The summed E-state index contributed by atoms with van der Waals surface area (Å²) < 4.78 is 0.560. The van der Waals surface area contributed by atoms with Crippen molar-refractivity contribution in [2.24, 2.45) is 0 Å². The lowest BCUT2D eigenvalue weighted by atomic mass is 10.0. The molecule has 2 rings (SSSR count). The fourth-order valence-electron chi connectivity index (χ4n) is 1.62. The Morgan fingerprint density at radius 2 is 2.29 bits per heavy atom. The quantitative estimate of drug-likeness (QED) is 0.621. The Morgan fingerprint density at radius 3 is 3.00 bits per heavy atom. The monoisotopic (exact) mass is 256 g/mol. The lowest BCUT2D eigenvalue weighted by Crippen LogP contribution is -2.12. The maximum absolute atomic E-state index is 10.7. The van der Waals surface area contributed by atoms with Crippen LogP contribution in [0.2, 0.25) is 0 Å². The van der Waals surface area contributed by atoms with Gasteiger partial charge in [0.25, 0.3) is 5.69 Å². The largest absolute Gasteiger partial charge is 0.385 e. The second kappa shape index (κ2) is 3.57. The highest BCUT2D eigenvalue weighted by molar-refractivity contribution is 9.10. The molecule has 0 radical (unpaired) electrons. The van der Waals surface area contributed by atoms with Crippen LogP contribution in [0.25, 0.3) is 0 Å². The van der Waals surface area contributed by atoms with Crippen LogP contribution in [0.1, 0.15) is 12.0 Å². The minimum absolute atomic E-state index is 0.123. The molecule has 0 saturated heterocycles. The van der Waals surface area contributed by atoms with E-state index in [0.29, 0.717) is 4.47 Å². The Morgan fingerprint density at radius 1 is 1.50 bits per heavy atom. The van der Waals surface area contributed by atoms with Crippen LogP contribution in [-0.4, -0.2) is 11.5 Å². The van der Waals surface area contributed by atoms with Gasteiger partial charge in [0.2, 0.25) is 0 Å². The summed E-state index contributed by atoms with van der Waals surface area (Å²) in [5.41, 5.74) is 2.16. The van der Waals surface area contributed by atoms with Crippen molar-refractivity contribution in [3.8, 4) is 0 Å². The first kappa shape index (κ1) is 9.45. The Bertz CT molecular complexity index is 393. The number of rotatable bonds is 1. The van der Waals surface area contributed by atoms with E-state index in [9.17, 15) is 10.1 Å². The van der Waals surface area contributed by atoms with Crippen molar-refractivity contribution in [1.82, 2.24) is 0 Å². The number of halogens is 1. The molecule has 0 spiro atoms. The summed E-state index contributed by atoms with van der Waals surface area (Å²) >= 11 is 3.21. The number of nitro benzene ring substituents is 1. The Hall–Kier alpha value is -1.10. The number of nitrogens with zero attached hydrogens (tertiary/aromatic N) is 1. The van der Waals surface area contributed by atoms with E-state index in [1.165, 1.54) is 0 Å². The van der Waals surface area contributed by atoms with E-state index >= 15 is 0 Å². The second-order valence-electron chi connectivity index (χ2n) is 3.25. The van der Waals surface area contributed by atoms with E-state index in [1.807, 2.05) is 6.07 Å². The molecule has 0 amide bonds. The van der Waals surface area contributed by atoms with Crippen LogP contribution in [0.3, 0.4) is 0 Å². The molecule has 0 fully saturated rings. The van der Waals surface area contributed by atoms with Crippen molar-refractivity contribution < 1.29 is 4.92 Å². The molecule has 1 heterocycles. The predicted octanol–water partition coefficient (Wildman–Crippen LogP) is 2.72. The average Bonchev–Trinajstić information content (AvgIpc) is 2.16. The summed E-state index contributed by atoms with van der Waals surface area (Å²) in [5.74, 6) is 0. The van der Waals surface area contributed by atoms with Gasteiger partial charge in [0.15, 0.2) is 0 Å². The molecule has 0 bridgehead atoms. The molecule has 74 valence electrons. The number of hydrogen-bond donors (Lipinski definition) is 1. The van der Waals surface area contributed by atoms with E-state index in [1.54, 1.807) is 6.07 Å². The first-order chi connectivity index (χ1) is 6.68. The lowest BCUT2D eigenvalue weighted by molar-refractivity contribution is -0.385. The lowest BCUT2D eigenvalue weighted by Gasteiger charge is -2.17. The summed E-state index contributed by atoms with van der Waals surface area (Å²) in [4.78, 5) is 10.3. The average molecular weight is 257 g/mol. The van der Waals surface area contributed by atoms with Gasteiger partial charge in [-0.1, -0.05) is 0 Å². The van der Waals surface area contributed by atoms with Gasteiger partial charge in [0.1, 0.15) is 0 Å². The molecule has 1 aromatic rings. The standard InChI is InChI=1S/C9H9BrN2O2/c10-7-4-6-2-1-3-11-8(6)5-9(7)12(13)14/h4-5,11H,1-3H2. The van der Waals surface area contributed by atoms with Crippen LogP contribution < -0.4 is 5.32 Å². The van der Waals surface area contributed by atoms with Crippen LogP contribution in [0.5, 0.6) is 0 Å². The molecule has 0 atom stereocenters. The van der Waals surface area contributed by atoms with Gasteiger partial charge in [0, 0.05) is 18.3 Å². The van der Waals surface area contributed by atoms with Crippen molar-refractivity contribution in [2.75, 3.05) is 11.9 Å². The number of nitrogens with one attached hydrogen (secondary N) is 1. The fraction of sp³-hybridized carbons (Fsp3) is 0.333. The Labute approximate surface area is 89.6 Å². The van der Waals surface area contributed by atoms with Gasteiger partial charge in [-0.3, -0.25) is 10.1 Å². The first-order valence-electron chi connectivity index (χ1n) is 4.39. The van der Waals surface area contributed by atoms with Gasteiger partial charge in [-0.15, -0.1) is 0 Å². The summed E-state index contributed by atoms with van der Waals surface area (Å²) in [7, 11) is 0. The number of fused-ring (bicyclic) bond motifs is 1. The minimum atomic E-state index is -0.374. The smallest absolute Gasteiger partial charge is 0.285 e. The molecule has 0 unspecified atom stereocenters. The fourth-order valence-corrected chi connectivity index (χ4v) is 2.15. The Balaban J connectivity index is 2.50. The van der Waals surface area contributed by atoms with Crippen LogP contribution >= 0.6 is 15.9 Å². The number of anilines is 1. The highest BCUT2D eigenvalue weighted by Crippen LogP contribution is 2.33. The normalized spacial score (nSPS) is 14.4. The summed E-state index contributed by atoms with van der Waals surface area (Å²) in [5, 5.41) is 13.8. The molecule has 14 heavy (non-hydrogen) atoms. The molecule has 0 aliphatic carbocycles. The van der Waals surface area contributed by atoms with Crippen molar-refractivity contribution in [3.05, 3.63) is 32.3 Å². The van der Waals surface area contributed by atoms with Crippen LogP contribution in [0.4, 0.5) is 11.4 Å². The zero-order valence-corrected chi connectivity index (χ0v) is 9.00. The molecule has 5 heteroatoms. The van der Waals surface area contributed by atoms with Gasteiger partial charge in [-0.25, -0.2) is 0 Å². The van der Waals surface area contributed by atoms with Crippen molar-refractivity contribution in [1.29, 1.82) is 0 Å². The van der Waals surface area contributed by atoms with Crippen LogP contribution in [0.15, 0.2) is 16.6 Å². The molecule has 0 aromatic heterocycles. The van der Waals surface area contributed by atoms with Crippen molar-refractivity contribution in [2.45, 2.75) is 12.8 Å². The maximum atomic E-state index is 10.7. The zero-order chi connectivity index (χ0) is 10.1. The van der Waals surface area contributed by atoms with E-state index in [4.69, 9.17) is 0 Å². The van der Waals surface area contributed by atoms with E-state index < -0.39 is 0 Å². The Kier molecular flexibility index (Phi) is 2.41. The third-order valence-electron chi connectivity index (χ3n) is 2.31. The van der Waals surface area contributed by atoms with Crippen LogP contribution in [-0.2, 0) is 6.42 Å². The predicted molar refractivity (Wildman–Crippen MR) is 57.6 cm³/mol. The highest BCUT2D eigenvalue weighted by atomic mass is 79.9. The van der Waals surface area contributed by atoms with Gasteiger partial charge in [-0.05, 0) is 40.4 Å². The molecular formula is C9H9BrN2O2. The molecular weight excluding hydrogens is 248 g/mol. The molecule has 1 aromatic carbocycles. The third kappa shape index (κ3) is 1.59. The first-order valence-corrected chi connectivity index (χ1v) is 5.18. The molecule has 4 nitrogen and oxygen atoms in total. The molecule has 1 aliphatic rings. The SMILES string of the molecule is O=[N+]([O-])c1cc2c(cc1Br)CCCN2. The van der Waals surface area contributed by atoms with Crippen molar-refractivity contribution >= 4 is 27.3 Å². The highest BCUT2D eigenvalue weighted by Gasteiger charge is 2.17. The van der Waals surface area contributed by atoms with Gasteiger partial charge >= 0.3 is 0 Å². The van der Waals surface area contributed by atoms with Crippen LogP contribution in [0, 0.1) is 10.1 Å². The molecule has 0 saturated carbocycles. The van der Waals surface area contributed by atoms with E-state index in [-0.39, 0.29) is 10.6 Å². The van der Waals surface area contributed by atoms with E-state index in [0.717, 1.165) is 30.6 Å². The minimum Gasteiger partial charge on any atom is -0.385 e. The molecule has 1 aliphatic heterocycles. The van der Waals surface area contributed by atoms with E-state index in [2.05, 4.69) is 21.2 Å².